The molecule has 2 aliphatic heterocycles. The number of piperidine rings is 1. The number of pyridine rings is 1. The average Bonchev–Trinajstić information content (AvgIpc) is 3.20. The van der Waals surface area contributed by atoms with Gasteiger partial charge < -0.3 is 15.1 Å². The molecule has 1 N–H and O–H groups in total. The van der Waals surface area contributed by atoms with E-state index in [4.69, 9.17) is 0 Å². The second-order valence-electron chi connectivity index (χ2n) is 7.89. The summed E-state index contributed by atoms with van der Waals surface area (Å²) < 4.78 is 0. The van der Waals surface area contributed by atoms with Gasteiger partial charge >= 0.3 is 0 Å². The van der Waals surface area contributed by atoms with Crippen molar-refractivity contribution >= 4 is 35.1 Å². The monoisotopic (exact) mass is 424 g/mol. The Bertz CT molecular complexity index is 879. The Morgan fingerprint density at radius 2 is 1.90 bits per heavy atom. The molecule has 7 heteroatoms. The molecule has 4 rings (SSSR count). The van der Waals surface area contributed by atoms with Gasteiger partial charge in [0.25, 0.3) is 0 Å². The number of anilines is 2. The van der Waals surface area contributed by atoms with E-state index in [2.05, 4.69) is 15.2 Å². The molecule has 0 spiro atoms. The molecule has 0 saturated carbocycles. The summed E-state index contributed by atoms with van der Waals surface area (Å²) in [6.45, 7) is 2.99. The molecule has 30 heavy (non-hydrogen) atoms. The standard InChI is InChI=1S/C23H28N4O2S/c1-30-20-8-6-19(7-9-20)27-16-18(13-22(27)28)23(29)25-15-17-5-10-21(24-14-17)26-11-3-2-4-12-26/h5-10,14,18H,2-4,11-13,15-16H2,1H3,(H,25,29). The van der Waals surface area contributed by atoms with Crippen LogP contribution in [0.1, 0.15) is 31.2 Å². The van der Waals surface area contributed by atoms with Gasteiger partial charge in [0.1, 0.15) is 5.82 Å². The van der Waals surface area contributed by atoms with E-state index in [1.807, 2.05) is 48.9 Å². The third kappa shape index (κ3) is 4.78. The second kappa shape index (κ2) is 9.51. The van der Waals surface area contributed by atoms with Gasteiger partial charge in [0, 0.05) is 49.4 Å². The maximum Gasteiger partial charge on any atom is 0.227 e. The summed E-state index contributed by atoms with van der Waals surface area (Å²) in [6.07, 6.45) is 7.85. The van der Waals surface area contributed by atoms with Gasteiger partial charge in [0.2, 0.25) is 11.8 Å². The first-order valence-corrected chi connectivity index (χ1v) is 11.8. The minimum atomic E-state index is -0.321. The van der Waals surface area contributed by atoms with Crippen molar-refractivity contribution in [3.05, 3.63) is 48.2 Å². The van der Waals surface area contributed by atoms with Crippen molar-refractivity contribution in [2.75, 3.05) is 35.7 Å². The Morgan fingerprint density at radius 3 is 2.57 bits per heavy atom. The van der Waals surface area contributed by atoms with Crippen molar-refractivity contribution in [3.63, 3.8) is 0 Å². The van der Waals surface area contributed by atoms with E-state index >= 15 is 0 Å². The zero-order chi connectivity index (χ0) is 20.9. The van der Waals surface area contributed by atoms with Crippen LogP contribution in [-0.2, 0) is 16.1 Å². The van der Waals surface area contributed by atoms with E-state index in [0.29, 0.717) is 13.1 Å². The first-order valence-electron chi connectivity index (χ1n) is 10.6. The predicted molar refractivity (Wildman–Crippen MR) is 121 cm³/mol. The molecule has 2 amide bonds. The zero-order valence-electron chi connectivity index (χ0n) is 17.3. The number of thioether (sulfide) groups is 1. The molecule has 1 unspecified atom stereocenters. The third-order valence-corrected chi connectivity index (χ3v) is 6.58. The van der Waals surface area contributed by atoms with Crippen molar-refractivity contribution in [2.24, 2.45) is 5.92 Å². The zero-order valence-corrected chi connectivity index (χ0v) is 18.2. The Morgan fingerprint density at radius 1 is 1.13 bits per heavy atom. The lowest BCUT2D eigenvalue weighted by molar-refractivity contribution is -0.126. The summed E-state index contributed by atoms with van der Waals surface area (Å²) in [4.78, 5) is 34.8. The van der Waals surface area contributed by atoms with E-state index in [1.165, 1.54) is 19.3 Å². The summed E-state index contributed by atoms with van der Waals surface area (Å²) in [5, 5.41) is 2.98. The van der Waals surface area contributed by atoms with E-state index in [9.17, 15) is 9.59 Å². The summed E-state index contributed by atoms with van der Waals surface area (Å²) >= 11 is 1.66. The van der Waals surface area contributed by atoms with Gasteiger partial charge in [0.05, 0.1) is 5.92 Å². The molecule has 2 saturated heterocycles. The van der Waals surface area contributed by atoms with Gasteiger partial charge in [-0.05, 0) is 61.4 Å². The summed E-state index contributed by atoms with van der Waals surface area (Å²) in [6, 6.07) is 11.9. The number of amides is 2. The minimum absolute atomic E-state index is 0.000368. The first-order chi connectivity index (χ1) is 14.6. The summed E-state index contributed by atoms with van der Waals surface area (Å²) in [5.41, 5.74) is 1.82. The molecule has 2 aromatic rings. The number of hydrogen-bond acceptors (Lipinski definition) is 5. The molecule has 0 bridgehead atoms. The van der Waals surface area contributed by atoms with Crippen LogP contribution in [0.5, 0.6) is 0 Å². The van der Waals surface area contributed by atoms with E-state index in [1.54, 1.807) is 16.7 Å². The molecule has 158 valence electrons. The van der Waals surface area contributed by atoms with Crippen molar-refractivity contribution in [1.82, 2.24) is 10.3 Å². The Kier molecular flexibility index (Phi) is 6.57. The Labute approximate surface area is 182 Å². The molecule has 1 aromatic heterocycles. The number of nitrogens with zero attached hydrogens (tertiary/aromatic N) is 3. The highest BCUT2D eigenvalue weighted by Gasteiger charge is 2.35. The van der Waals surface area contributed by atoms with Crippen LogP contribution in [0.2, 0.25) is 0 Å². The average molecular weight is 425 g/mol. The fraction of sp³-hybridized carbons (Fsp3) is 0.435. The lowest BCUT2D eigenvalue weighted by Gasteiger charge is -2.27. The van der Waals surface area contributed by atoms with Gasteiger partial charge in [-0.25, -0.2) is 4.98 Å². The molecule has 1 atom stereocenters. The number of carbonyl (C=O) groups is 2. The maximum absolute atomic E-state index is 12.6. The lowest BCUT2D eigenvalue weighted by Crippen LogP contribution is -2.32. The maximum atomic E-state index is 12.6. The van der Waals surface area contributed by atoms with Crippen LogP contribution >= 0.6 is 11.8 Å². The van der Waals surface area contributed by atoms with Gasteiger partial charge in [0.15, 0.2) is 0 Å². The SMILES string of the molecule is CSc1ccc(N2CC(C(=O)NCc3ccc(N4CCCCC4)nc3)CC2=O)cc1. The van der Waals surface area contributed by atoms with Crippen LogP contribution in [0.25, 0.3) is 0 Å². The van der Waals surface area contributed by atoms with Crippen molar-refractivity contribution < 1.29 is 9.59 Å². The van der Waals surface area contributed by atoms with Crippen molar-refractivity contribution in [1.29, 1.82) is 0 Å². The normalized spacial score (nSPS) is 19.2. The number of rotatable bonds is 6. The number of aromatic nitrogens is 1. The number of hydrogen-bond donors (Lipinski definition) is 1. The molecular weight excluding hydrogens is 396 g/mol. The molecule has 0 aliphatic carbocycles. The van der Waals surface area contributed by atoms with E-state index < -0.39 is 0 Å². The quantitative estimate of drug-likeness (QED) is 0.720. The molecule has 0 radical (unpaired) electrons. The smallest absolute Gasteiger partial charge is 0.227 e. The van der Waals surface area contributed by atoms with Crippen LogP contribution in [0, 0.1) is 5.92 Å². The molecule has 2 fully saturated rings. The van der Waals surface area contributed by atoms with Gasteiger partial charge in [-0.1, -0.05) is 6.07 Å². The van der Waals surface area contributed by atoms with Crippen molar-refractivity contribution in [2.45, 2.75) is 37.1 Å². The molecule has 1 aromatic carbocycles. The summed E-state index contributed by atoms with van der Waals surface area (Å²) in [5.74, 6) is 0.610. The largest absolute Gasteiger partial charge is 0.357 e. The van der Waals surface area contributed by atoms with Crippen LogP contribution in [0.15, 0.2) is 47.5 Å². The fourth-order valence-electron chi connectivity index (χ4n) is 4.06. The highest BCUT2D eigenvalue weighted by molar-refractivity contribution is 7.98. The van der Waals surface area contributed by atoms with Crippen LogP contribution in [-0.4, -0.2) is 42.7 Å². The second-order valence-corrected chi connectivity index (χ2v) is 8.77. The van der Waals surface area contributed by atoms with E-state index in [-0.39, 0.29) is 24.2 Å². The highest BCUT2D eigenvalue weighted by Crippen LogP contribution is 2.27. The van der Waals surface area contributed by atoms with E-state index in [0.717, 1.165) is 35.1 Å². The lowest BCUT2D eigenvalue weighted by atomic mass is 10.1. The topological polar surface area (TPSA) is 65.5 Å². The molecule has 2 aliphatic rings. The van der Waals surface area contributed by atoms with Gasteiger partial charge in [-0.3, -0.25) is 9.59 Å². The fourth-order valence-corrected chi connectivity index (χ4v) is 4.47. The highest BCUT2D eigenvalue weighted by atomic mass is 32.2. The Hall–Kier alpha value is -2.54. The predicted octanol–water partition coefficient (Wildman–Crippen LogP) is 3.46. The van der Waals surface area contributed by atoms with Gasteiger partial charge in [-0.15, -0.1) is 11.8 Å². The van der Waals surface area contributed by atoms with Crippen LogP contribution in [0.4, 0.5) is 11.5 Å². The van der Waals surface area contributed by atoms with Crippen LogP contribution in [0.3, 0.4) is 0 Å². The van der Waals surface area contributed by atoms with Gasteiger partial charge in [-0.2, -0.15) is 0 Å². The summed E-state index contributed by atoms with van der Waals surface area (Å²) in [7, 11) is 0. The molecule has 3 heterocycles. The third-order valence-electron chi connectivity index (χ3n) is 5.84. The minimum Gasteiger partial charge on any atom is -0.357 e. The number of nitrogens with one attached hydrogen (secondary N) is 1. The number of benzene rings is 1. The molecule has 6 nitrogen and oxygen atoms in total. The van der Waals surface area contributed by atoms with Crippen molar-refractivity contribution in [3.8, 4) is 0 Å². The Balaban J connectivity index is 1.30. The van der Waals surface area contributed by atoms with Crippen LogP contribution < -0.4 is 15.1 Å². The first kappa shape index (κ1) is 20.7. The molecular formula is C23H28N4O2S. The number of carbonyl (C=O) groups excluding carboxylic acids is 2.